The SMILES string of the molecule is CC#CCCNCc1c(F)cccc1F. The van der Waals surface area contributed by atoms with E-state index in [4.69, 9.17) is 0 Å². The summed E-state index contributed by atoms with van der Waals surface area (Å²) in [5.41, 5.74) is 0.0851. The highest BCUT2D eigenvalue weighted by molar-refractivity contribution is 5.19. The number of hydrogen-bond acceptors (Lipinski definition) is 1. The third kappa shape index (κ3) is 3.69. The predicted molar refractivity (Wildman–Crippen MR) is 56.1 cm³/mol. The average Bonchev–Trinajstić information content (AvgIpc) is 2.21. The zero-order valence-electron chi connectivity index (χ0n) is 8.61. The van der Waals surface area contributed by atoms with Crippen molar-refractivity contribution in [2.75, 3.05) is 6.54 Å². The van der Waals surface area contributed by atoms with Crippen molar-refractivity contribution in [1.82, 2.24) is 5.32 Å². The minimum absolute atomic E-state index is 0.0851. The average molecular weight is 209 g/mol. The maximum Gasteiger partial charge on any atom is 0.130 e. The van der Waals surface area contributed by atoms with Crippen LogP contribution in [0.1, 0.15) is 18.9 Å². The van der Waals surface area contributed by atoms with E-state index < -0.39 is 11.6 Å². The van der Waals surface area contributed by atoms with Crippen molar-refractivity contribution in [3.05, 3.63) is 35.4 Å². The lowest BCUT2D eigenvalue weighted by Gasteiger charge is -2.05. The lowest BCUT2D eigenvalue weighted by molar-refractivity contribution is 0.537. The molecule has 0 saturated heterocycles. The summed E-state index contributed by atoms with van der Waals surface area (Å²) in [6.45, 7) is 2.59. The number of benzene rings is 1. The van der Waals surface area contributed by atoms with Crippen molar-refractivity contribution in [3.63, 3.8) is 0 Å². The van der Waals surface area contributed by atoms with E-state index in [0.29, 0.717) is 13.0 Å². The molecule has 1 aromatic carbocycles. The van der Waals surface area contributed by atoms with E-state index in [2.05, 4.69) is 17.2 Å². The molecule has 80 valence electrons. The van der Waals surface area contributed by atoms with Crippen molar-refractivity contribution in [2.24, 2.45) is 0 Å². The molecule has 1 rings (SSSR count). The van der Waals surface area contributed by atoms with Gasteiger partial charge in [0.05, 0.1) is 0 Å². The topological polar surface area (TPSA) is 12.0 Å². The Balaban J connectivity index is 2.45. The maximum absolute atomic E-state index is 13.1. The van der Waals surface area contributed by atoms with E-state index in [0.717, 1.165) is 0 Å². The highest BCUT2D eigenvalue weighted by Gasteiger charge is 2.06. The fourth-order valence-electron chi connectivity index (χ4n) is 1.19. The second-order valence-electron chi connectivity index (χ2n) is 3.05. The van der Waals surface area contributed by atoms with Gasteiger partial charge in [0, 0.05) is 25.1 Å². The standard InChI is InChI=1S/C12H13F2N/c1-2-3-4-8-15-9-10-11(13)6-5-7-12(10)14/h5-7,15H,4,8-9H2,1H3. The zero-order valence-corrected chi connectivity index (χ0v) is 8.61. The van der Waals surface area contributed by atoms with Gasteiger partial charge in [0.2, 0.25) is 0 Å². The summed E-state index contributed by atoms with van der Waals surface area (Å²) < 4.78 is 26.2. The molecule has 0 aliphatic rings. The van der Waals surface area contributed by atoms with Crippen LogP contribution in [0, 0.1) is 23.5 Å². The number of rotatable bonds is 4. The highest BCUT2D eigenvalue weighted by Crippen LogP contribution is 2.11. The van der Waals surface area contributed by atoms with Crippen LogP contribution in [0.15, 0.2) is 18.2 Å². The van der Waals surface area contributed by atoms with E-state index >= 15 is 0 Å². The zero-order chi connectivity index (χ0) is 11.1. The summed E-state index contributed by atoms with van der Waals surface area (Å²) in [6.07, 6.45) is 0.687. The summed E-state index contributed by atoms with van der Waals surface area (Å²) in [4.78, 5) is 0. The van der Waals surface area contributed by atoms with Gasteiger partial charge >= 0.3 is 0 Å². The molecule has 0 aliphatic heterocycles. The molecule has 0 bridgehead atoms. The quantitative estimate of drug-likeness (QED) is 0.593. The van der Waals surface area contributed by atoms with Crippen LogP contribution in [-0.2, 0) is 6.54 Å². The fraction of sp³-hybridized carbons (Fsp3) is 0.333. The molecule has 1 N–H and O–H groups in total. The van der Waals surface area contributed by atoms with Crippen LogP contribution in [0.4, 0.5) is 8.78 Å². The van der Waals surface area contributed by atoms with Gasteiger partial charge in [0.15, 0.2) is 0 Å². The van der Waals surface area contributed by atoms with Crippen LogP contribution >= 0.6 is 0 Å². The first-order valence-corrected chi connectivity index (χ1v) is 4.79. The van der Waals surface area contributed by atoms with Crippen molar-refractivity contribution in [2.45, 2.75) is 19.9 Å². The van der Waals surface area contributed by atoms with Crippen LogP contribution < -0.4 is 5.32 Å². The van der Waals surface area contributed by atoms with Crippen LogP contribution in [-0.4, -0.2) is 6.54 Å². The van der Waals surface area contributed by atoms with Gasteiger partial charge in [-0.1, -0.05) is 6.07 Å². The molecule has 0 heterocycles. The smallest absolute Gasteiger partial charge is 0.130 e. The summed E-state index contributed by atoms with van der Waals surface area (Å²) in [6, 6.07) is 3.87. The molecule has 1 aromatic rings. The second kappa shape index (κ2) is 6.15. The molecule has 3 heteroatoms. The van der Waals surface area contributed by atoms with Crippen LogP contribution in [0.2, 0.25) is 0 Å². The van der Waals surface area contributed by atoms with Crippen molar-refractivity contribution >= 4 is 0 Å². The van der Waals surface area contributed by atoms with E-state index in [1.54, 1.807) is 6.92 Å². The molecule has 0 fully saturated rings. The van der Waals surface area contributed by atoms with E-state index in [1.807, 2.05) is 0 Å². The van der Waals surface area contributed by atoms with Crippen LogP contribution in [0.25, 0.3) is 0 Å². The predicted octanol–water partition coefficient (Wildman–Crippen LogP) is 2.47. The molecule has 0 spiro atoms. The van der Waals surface area contributed by atoms with Gasteiger partial charge in [0.1, 0.15) is 11.6 Å². The number of halogens is 2. The lowest BCUT2D eigenvalue weighted by atomic mass is 10.2. The van der Waals surface area contributed by atoms with Crippen molar-refractivity contribution < 1.29 is 8.78 Å². The molecule has 0 amide bonds. The van der Waals surface area contributed by atoms with Crippen LogP contribution in [0.5, 0.6) is 0 Å². The molecule has 15 heavy (non-hydrogen) atoms. The third-order valence-electron chi connectivity index (χ3n) is 1.97. The van der Waals surface area contributed by atoms with Gasteiger partial charge in [-0.3, -0.25) is 0 Å². The Morgan fingerprint density at radius 3 is 2.53 bits per heavy atom. The molecular formula is C12H13F2N. The molecule has 0 atom stereocenters. The minimum atomic E-state index is -0.510. The molecule has 0 aromatic heterocycles. The Hall–Kier alpha value is -1.40. The lowest BCUT2D eigenvalue weighted by Crippen LogP contribution is -2.16. The van der Waals surface area contributed by atoms with Crippen molar-refractivity contribution in [1.29, 1.82) is 0 Å². The summed E-state index contributed by atoms with van der Waals surface area (Å²) >= 11 is 0. The Kier molecular flexibility index (Phi) is 4.79. The van der Waals surface area contributed by atoms with Gasteiger partial charge in [0.25, 0.3) is 0 Å². The highest BCUT2D eigenvalue weighted by atomic mass is 19.1. The summed E-state index contributed by atoms with van der Waals surface area (Å²) in [5.74, 6) is 4.59. The molecule has 0 unspecified atom stereocenters. The van der Waals surface area contributed by atoms with Crippen molar-refractivity contribution in [3.8, 4) is 11.8 Å². The Morgan fingerprint density at radius 1 is 1.27 bits per heavy atom. The maximum atomic E-state index is 13.1. The molecule has 0 radical (unpaired) electrons. The number of hydrogen-bond donors (Lipinski definition) is 1. The van der Waals surface area contributed by atoms with Gasteiger partial charge in [-0.05, 0) is 19.1 Å². The first kappa shape index (κ1) is 11.7. The van der Waals surface area contributed by atoms with Gasteiger partial charge < -0.3 is 5.32 Å². The first-order chi connectivity index (χ1) is 7.25. The largest absolute Gasteiger partial charge is 0.312 e. The Labute approximate surface area is 88.5 Å². The number of nitrogens with one attached hydrogen (secondary N) is 1. The summed E-state index contributed by atoms with van der Waals surface area (Å²) in [5, 5.41) is 2.94. The minimum Gasteiger partial charge on any atom is -0.312 e. The third-order valence-corrected chi connectivity index (χ3v) is 1.97. The van der Waals surface area contributed by atoms with Gasteiger partial charge in [-0.25, -0.2) is 8.78 Å². The Bertz CT molecular complexity index is 357. The van der Waals surface area contributed by atoms with Crippen LogP contribution in [0.3, 0.4) is 0 Å². The second-order valence-corrected chi connectivity index (χ2v) is 3.05. The molecular weight excluding hydrogens is 196 g/mol. The normalized spacial score (nSPS) is 9.53. The Morgan fingerprint density at radius 2 is 1.93 bits per heavy atom. The molecule has 1 nitrogen and oxygen atoms in total. The molecule has 0 saturated carbocycles. The fourth-order valence-corrected chi connectivity index (χ4v) is 1.19. The summed E-state index contributed by atoms with van der Waals surface area (Å²) in [7, 11) is 0. The van der Waals surface area contributed by atoms with E-state index in [-0.39, 0.29) is 12.1 Å². The van der Waals surface area contributed by atoms with Gasteiger partial charge in [-0.15, -0.1) is 11.8 Å². The first-order valence-electron chi connectivity index (χ1n) is 4.79. The van der Waals surface area contributed by atoms with Gasteiger partial charge in [-0.2, -0.15) is 0 Å². The van der Waals surface area contributed by atoms with E-state index in [1.165, 1.54) is 18.2 Å². The molecule has 0 aliphatic carbocycles. The monoisotopic (exact) mass is 209 g/mol. The van der Waals surface area contributed by atoms with E-state index in [9.17, 15) is 8.78 Å².